The summed E-state index contributed by atoms with van der Waals surface area (Å²) in [6.07, 6.45) is -1.83. The zero-order valence-electron chi connectivity index (χ0n) is 3.47. The Morgan fingerprint density at radius 3 is 1.12 bits per heavy atom. The minimum absolute atomic E-state index is 0.889. The van der Waals surface area contributed by atoms with Crippen LogP contribution < -0.4 is 0 Å². The van der Waals surface area contributed by atoms with Crippen LogP contribution in [0.2, 0.25) is 0 Å². The molecule has 0 aliphatic rings. The Bertz CT molecular complexity index is 70.0. The van der Waals surface area contributed by atoms with Crippen LogP contribution in [-0.4, -0.2) is 21.1 Å². The fraction of sp³-hybridized carbons (Fsp3) is 0. The minimum Gasteiger partial charge on any atom is -0.450 e. The van der Waals surface area contributed by atoms with Gasteiger partial charge >= 0.3 is 10.9 Å². The van der Waals surface area contributed by atoms with Gasteiger partial charge in [0, 0.05) is 0 Å². The molecule has 0 rings (SSSR count). The maximum Gasteiger partial charge on any atom is 0.503 e. The summed E-state index contributed by atoms with van der Waals surface area (Å²) in [4.78, 5) is 17.5. The third kappa shape index (κ3) is 489. The molecule has 0 atom stereocenters. The van der Waals surface area contributed by atoms with E-state index in [9.17, 15) is 0 Å². The molecule has 0 saturated heterocycles. The van der Waals surface area contributed by atoms with E-state index in [0.29, 0.717) is 0 Å². The molecule has 0 bridgehead atoms. The highest BCUT2D eigenvalue weighted by molar-refractivity contribution is 6.93. The quantitative estimate of drug-likeness (QED) is 0.531. The van der Waals surface area contributed by atoms with Crippen molar-refractivity contribution in [1.29, 1.82) is 0 Å². The normalized spacial score (nSPS) is 6.25. The van der Waals surface area contributed by atoms with E-state index in [0.717, 1.165) is 0 Å². The zero-order chi connectivity index (χ0) is 7.15. The number of halogens is 2. The highest BCUT2D eigenvalue weighted by Gasteiger charge is 1.72. The monoisotopic (exact) mass is 160 g/mol. The Balaban J connectivity index is 0. The van der Waals surface area contributed by atoms with Gasteiger partial charge in [-0.15, -0.1) is 0 Å². The fourth-order valence-corrected chi connectivity index (χ4v) is 0. The van der Waals surface area contributed by atoms with E-state index in [1.165, 1.54) is 0 Å². The predicted molar refractivity (Wildman–Crippen MR) is 27.8 cm³/mol. The van der Waals surface area contributed by atoms with E-state index in [-0.39, 0.29) is 0 Å². The van der Waals surface area contributed by atoms with Gasteiger partial charge in [-0.2, -0.15) is 0 Å². The van der Waals surface area contributed by atoms with Crippen LogP contribution in [0.5, 0.6) is 0 Å². The van der Waals surface area contributed by atoms with Crippen LogP contribution in [0.4, 0.5) is 9.59 Å². The zero-order valence-corrected chi connectivity index (χ0v) is 4.98. The van der Waals surface area contributed by atoms with Crippen molar-refractivity contribution in [3.05, 3.63) is 0 Å². The van der Waals surface area contributed by atoms with Crippen molar-refractivity contribution in [2.75, 3.05) is 0 Å². The summed E-state index contributed by atoms with van der Waals surface area (Å²) in [5.74, 6) is 0. The molecule has 2 N–H and O–H groups in total. The Hall–Kier alpha value is -0.480. The van der Waals surface area contributed by atoms with Crippen LogP contribution in [0.3, 0.4) is 0 Å². The van der Waals surface area contributed by atoms with Crippen molar-refractivity contribution in [3.63, 3.8) is 0 Å². The van der Waals surface area contributed by atoms with Crippen LogP contribution in [0, 0.1) is 0 Å². The average Bonchev–Trinajstić information content (AvgIpc) is 1.25. The Morgan fingerprint density at radius 1 is 1.12 bits per heavy atom. The van der Waals surface area contributed by atoms with Gasteiger partial charge in [0.05, 0.1) is 0 Å². The third-order valence-corrected chi connectivity index (χ3v) is 0. The summed E-state index contributed by atoms with van der Waals surface area (Å²) in [7, 11) is 0. The first-order chi connectivity index (χ1) is 3.46. The molecule has 0 aliphatic carbocycles. The largest absolute Gasteiger partial charge is 0.503 e. The number of rotatable bonds is 0. The Labute approximate surface area is 54.6 Å². The molecule has 0 fully saturated rings. The van der Waals surface area contributed by atoms with Crippen molar-refractivity contribution in [2.24, 2.45) is 0 Å². The molecule has 0 heterocycles. The molecule has 0 saturated carbocycles. The van der Waals surface area contributed by atoms with Gasteiger partial charge in [-0.3, -0.25) is 4.79 Å². The summed E-state index contributed by atoms with van der Waals surface area (Å²) < 4.78 is -0.889. The van der Waals surface area contributed by atoms with Gasteiger partial charge in [0.15, 0.2) is 0 Å². The summed E-state index contributed by atoms with van der Waals surface area (Å²) in [6, 6.07) is 0. The van der Waals surface area contributed by atoms with Crippen molar-refractivity contribution < 1.29 is 19.8 Å². The fourth-order valence-electron chi connectivity index (χ4n) is 0. The Morgan fingerprint density at radius 2 is 1.12 bits per heavy atom. The molecule has 0 aromatic carbocycles. The maximum atomic E-state index is 8.98. The van der Waals surface area contributed by atoms with E-state index in [1.54, 1.807) is 0 Å². The maximum absolute atomic E-state index is 8.98. The number of hydrogen-bond donors (Lipinski definition) is 2. The van der Waals surface area contributed by atoms with Gasteiger partial charge in [-0.25, -0.2) is 4.79 Å². The Kier molecular flexibility index (Phi) is 8.55. The molecule has 8 heavy (non-hydrogen) atoms. The van der Waals surface area contributed by atoms with E-state index in [1.807, 2.05) is 0 Å². The lowest BCUT2D eigenvalue weighted by Crippen LogP contribution is -1.81. The van der Waals surface area contributed by atoms with Gasteiger partial charge in [0.1, 0.15) is 0 Å². The summed E-state index contributed by atoms with van der Waals surface area (Å²) in [6.45, 7) is 0. The molecule has 0 radical (unpaired) electrons. The number of carboxylic acid groups (broad SMARTS) is 2. The van der Waals surface area contributed by atoms with Crippen molar-refractivity contribution >= 4 is 34.1 Å². The first-order valence-electron chi connectivity index (χ1n) is 1.23. The van der Waals surface area contributed by atoms with E-state index in [2.05, 4.69) is 23.2 Å². The number of hydrogen-bond acceptors (Lipinski definition) is 2. The van der Waals surface area contributed by atoms with Crippen molar-refractivity contribution in [1.82, 2.24) is 0 Å². The van der Waals surface area contributed by atoms with E-state index in [4.69, 9.17) is 19.8 Å². The molecular weight excluding hydrogens is 159 g/mol. The SMILES string of the molecule is O=C(Cl)Cl.O=C(O)O. The minimum atomic E-state index is -1.83. The van der Waals surface area contributed by atoms with Gasteiger partial charge in [0.2, 0.25) is 0 Å². The van der Waals surface area contributed by atoms with E-state index >= 15 is 0 Å². The smallest absolute Gasteiger partial charge is 0.450 e. The molecule has 4 nitrogen and oxygen atoms in total. The second-order valence-corrected chi connectivity index (χ2v) is 1.39. The van der Waals surface area contributed by atoms with Gasteiger partial charge in [-0.05, 0) is 23.2 Å². The molecule has 0 spiro atoms. The molecule has 6 heteroatoms. The lowest BCUT2D eigenvalue weighted by molar-refractivity contribution is 0.137. The summed E-state index contributed by atoms with van der Waals surface area (Å²) in [5, 5.41) is 13.9. The summed E-state index contributed by atoms with van der Waals surface area (Å²) in [5.41, 5.74) is 0. The molecule has 0 aromatic rings. The van der Waals surface area contributed by atoms with E-state index < -0.39 is 10.9 Å². The van der Waals surface area contributed by atoms with Crippen LogP contribution in [0.15, 0.2) is 0 Å². The van der Waals surface area contributed by atoms with Crippen LogP contribution in [0.1, 0.15) is 0 Å². The molecule has 0 aromatic heterocycles. The van der Waals surface area contributed by atoms with Crippen molar-refractivity contribution in [3.8, 4) is 0 Å². The number of carbonyl (C=O) groups is 2. The van der Waals surface area contributed by atoms with Gasteiger partial charge in [0.25, 0.3) is 0 Å². The first-order valence-corrected chi connectivity index (χ1v) is 1.99. The first kappa shape index (κ1) is 10.5. The lowest BCUT2D eigenvalue weighted by atomic mass is 11.5. The third-order valence-electron chi connectivity index (χ3n) is 0. The van der Waals surface area contributed by atoms with Crippen molar-refractivity contribution in [2.45, 2.75) is 0 Å². The predicted octanol–water partition coefficient (Wildman–Crippen LogP) is 1.81. The van der Waals surface area contributed by atoms with Gasteiger partial charge < -0.3 is 10.2 Å². The molecular formula is C2H2Cl2O4. The van der Waals surface area contributed by atoms with Crippen LogP contribution in [-0.2, 0) is 0 Å². The molecule has 48 valence electrons. The number of carbonyl (C=O) groups excluding carboxylic acids is 1. The highest BCUT2D eigenvalue weighted by atomic mass is 35.5. The van der Waals surface area contributed by atoms with Crippen LogP contribution >= 0.6 is 23.2 Å². The molecule has 0 amide bonds. The summed E-state index contributed by atoms with van der Waals surface area (Å²) >= 11 is 8.80. The second kappa shape index (κ2) is 6.52. The topological polar surface area (TPSA) is 74.6 Å². The average molecular weight is 161 g/mol. The molecule has 0 aliphatic heterocycles. The highest BCUT2D eigenvalue weighted by Crippen LogP contribution is 1.84. The second-order valence-electron chi connectivity index (χ2n) is 0.508. The lowest BCUT2D eigenvalue weighted by Gasteiger charge is -1.60. The van der Waals surface area contributed by atoms with Crippen LogP contribution in [0.25, 0.3) is 0 Å². The van der Waals surface area contributed by atoms with Gasteiger partial charge in [-0.1, -0.05) is 0 Å². The standard InChI is InChI=1S/CCl2O.CH2O3/c2*2-1(3)4/h;(H2,2,3,4). The molecule has 0 unspecified atom stereocenters.